The quantitative estimate of drug-likeness (QED) is 0.443. The largest absolute Gasteiger partial charge is 0.481 e. The first kappa shape index (κ1) is 26.1. The van der Waals surface area contributed by atoms with Gasteiger partial charge in [0.2, 0.25) is 5.91 Å². The second kappa shape index (κ2) is 11.1. The number of carbonyl (C=O) groups excluding carboxylic acids is 1. The van der Waals surface area contributed by atoms with Crippen molar-refractivity contribution in [1.82, 2.24) is 10.6 Å². The highest BCUT2D eigenvalue weighted by Gasteiger charge is 2.27. The number of carbonyl (C=O) groups is 2. The molecule has 1 amide bonds. The first-order valence-corrected chi connectivity index (χ1v) is 11.2. The number of halogens is 1. The van der Waals surface area contributed by atoms with Gasteiger partial charge in [-0.3, -0.25) is 9.59 Å². The fourth-order valence-corrected chi connectivity index (χ4v) is 4.38. The average molecular weight is 455 g/mol. The molecule has 0 aromatic heterocycles. The molecule has 0 saturated heterocycles. The maximum absolute atomic E-state index is 15.3. The minimum atomic E-state index is -1.12. The van der Waals surface area contributed by atoms with Crippen LogP contribution in [0.1, 0.15) is 60.5 Å². The van der Waals surface area contributed by atoms with Gasteiger partial charge >= 0.3 is 5.97 Å². The zero-order valence-corrected chi connectivity index (χ0v) is 20.4. The molecular formula is C27H35FN2O3. The normalized spacial score (nSPS) is 12.8. The van der Waals surface area contributed by atoms with Crippen LogP contribution < -0.4 is 10.6 Å². The summed E-state index contributed by atoms with van der Waals surface area (Å²) in [6.45, 7) is 15.3. The van der Waals surface area contributed by atoms with Crippen LogP contribution in [0.2, 0.25) is 0 Å². The highest BCUT2D eigenvalue weighted by molar-refractivity contribution is 5.83. The predicted molar refractivity (Wildman–Crippen MR) is 130 cm³/mol. The molecule has 0 aliphatic carbocycles. The van der Waals surface area contributed by atoms with Crippen molar-refractivity contribution in [2.45, 2.75) is 66.5 Å². The molecule has 2 atom stereocenters. The van der Waals surface area contributed by atoms with Gasteiger partial charge in [-0.15, -0.1) is 0 Å². The van der Waals surface area contributed by atoms with Crippen molar-refractivity contribution in [3.8, 4) is 11.1 Å². The standard InChI is InChI=1S/C27H35FN2O3/c1-8-29-23(9-15(2)3)27(33)30-22(14-24(31)32)21-13-20(12-19(7)26(21)28)25-17(5)10-16(4)11-18(25)6/h8,10-13,15,22-23,29H,1,9,14H2,2-7H3,(H,30,33)(H,31,32)/t22-,23?/m0/s1. The summed E-state index contributed by atoms with van der Waals surface area (Å²) in [5.74, 6) is -1.80. The minimum absolute atomic E-state index is 0.169. The van der Waals surface area contributed by atoms with Gasteiger partial charge in [-0.1, -0.05) is 38.1 Å². The molecule has 0 spiro atoms. The van der Waals surface area contributed by atoms with Crippen molar-refractivity contribution in [2.24, 2.45) is 5.92 Å². The Morgan fingerprint density at radius 1 is 1.06 bits per heavy atom. The van der Waals surface area contributed by atoms with Gasteiger partial charge in [0.25, 0.3) is 0 Å². The van der Waals surface area contributed by atoms with E-state index in [0.717, 1.165) is 27.8 Å². The summed E-state index contributed by atoms with van der Waals surface area (Å²) >= 11 is 0. The predicted octanol–water partition coefficient (Wildman–Crippen LogP) is 5.51. The number of rotatable bonds is 10. The van der Waals surface area contributed by atoms with Crippen LogP contribution in [-0.2, 0) is 9.59 Å². The molecule has 2 aromatic rings. The molecule has 0 saturated carbocycles. The van der Waals surface area contributed by atoms with E-state index in [9.17, 15) is 14.7 Å². The Balaban J connectivity index is 2.55. The first-order chi connectivity index (χ1) is 15.4. The molecule has 5 nitrogen and oxygen atoms in total. The highest BCUT2D eigenvalue weighted by Crippen LogP contribution is 2.34. The molecule has 1 unspecified atom stereocenters. The van der Waals surface area contributed by atoms with Gasteiger partial charge < -0.3 is 15.7 Å². The fourth-order valence-electron chi connectivity index (χ4n) is 4.38. The van der Waals surface area contributed by atoms with Crippen LogP contribution in [0.5, 0.6) is 0 Å². The Hall–Kier alpha value is -3.15. The van der Waals surface area contributed by atoms with Gasteiger partial charge in [-0.05, 0) is 86.2 Å². The van der Waals surface area contributed by atoms with Gasteiger partial charge in [-0.2, -0.15) is 0 Å². The molecule has 0 heterocycles. The third-order valence-electron chi connectivity index (χ3n) is 5.66. The van der Waals surface area contributed by atoms with Gasteiger partial charge in [-0.25, -0.2) is 4.39 Å². The van der Waals surface area contributed by atoms with E-state index in [2.05, 4.69) is 29.3 Å². The molecule has 0 radical (unpaired) electrons. The third kappa shape index (κ3) is 6.67. The first-order valence-electron chi connectivity index (χ1n) is 11.2. The lowest BCUT2D eigenvalue weighted by Crippen LogP contribution is -2.44. The van der Waals surface area contributed by atoms with Gasteiger partial charge in [0.05, 0.1) is 12.5 Å². The number of hydrogen-bond donors (Lipinski definition) is 3. The molecule has 178 valence electrons. The van der Waals surface area contributed by atoms with E-state index in [1.807, 2.05) is 34.6 Å². The third-order valence-corrected chi connectivity index (χ3v) is 5.66. The number of carboxylic acid groups (broad SMARTS) is 1. The van der Waals surface area contributed by atoms with Crippen molar-refractivity contribution in [2.75, 3.05) is 0 Å². The summed E-state index contributed by atoms with van der Waals surface area (Å²) in [7, 11) is 0. The molecule has 2 aromatic carbocycles. The highest BCUT2D eigenvalue weighted by atomic mass is 19.1. The van der Waals surface area contributed by atoms with Crippen LogP contribution in [0.15, 0.2) is 37.0 Å². The van der Waals surface area contributed by atoms with Gasteiger partial charge in [0.1, 0.15) is 11.9 Å². The Morgan fingerprint density at radius 2 is 1.67 bits per heavy atom. The number of aliphatic carboxylic acids is 1. The summed E-state index contributed by atoms with van der Waals surface area (Å²) in [6.07, 6.45) is 1.54. The number of amides is 1. The zero-order chi connectivity index (χ0) is 24.9. The summed E-state index contributed by atoms with van der Waals surface area (Å²) in [6, 6.07) is 5.96. The lowest BCUT2D eigenvalue weighted by molar-refractivity contribution is -0.137. The lowest BCUT2D eigenvalue weighted by Gasteiger charge is -2.25. The van der Waals surface area contributed by atoms with Crippen LogP contribution in [-0.4, -0.2) is 23.0 Å². The molecule has 3 N–H and O–H groups in total. The molecule has 6 heteroatoms. The second-order valence-corrected chi connectivity index (χ2v) is 9.18. The molecule has 0 bridgehead atoms. The van der Waals surface area contributed by atoms with E-state index in [-0.39, 0.29) is 17.4 Å². The Morgan fingerprint density at radius 3 is 2.18 bits per heavy atom. The maximum atomic E-state index is 15.3. The topological polar surface area (TPSA) is 78.4 Å². The zero-order valence-electron chi connectivity index (χ0n) is 20.4. The molecule has 0 aliphatic rings. The summed E-state index contributed by atoms with van der Waals surface area (Å²) in [5.41, 5.74) is 5.58. The number of nitrogens with one attached hydrogen (secondary N) is 2. The van der Waals surface area contributed by atoms with Crippen molar-refractivity contribution >= 4 is 11.9 Å². The van der Waals surface area contributed by atoms with E-state index >= 15 is 4.39 Å². The van der Waals surface area contributed by atoms with Gasteiger partial charge in [0.15, 0.2) is 0 Å². The Kier molecular flexibility index (Phi) is 8.80. The van der Waals surface area contributed by atoms with Crippen molar-refractivity contribution < 1.29 is 19.1 Å². The Bertz CT molecular complexity index is 1020. The minimum Gasteiger partial charge on any atom is -0.481 e. The Labute approximate surface area is 196 Å². The van der Waals surface area contributed by atoms with Gasteiger partial charge in [0, 0.05) is 5.56 Å². The van der Waals surface area contributed by atoms with Crippen molar-refractivity contribution in [3.05, 3.63) is 70.7 Å². The SMILES string of the molecule is C=CNC(CC(C)C)C(=O)N[C@@H](CC(=O)O)c1cc(-c2c(C)cc(C)cc2C)cc(C)c1F. The van der Waals surface area contributed by atoms with Crippen LogP contribution in [0, 0.1) is 39.4 Å². The summed E-state index contributed by atoms with van der Waals surface area (Å²) < 4.78 is 15.3. The molecule has 33 heavy (non-hydrogen) atoms. The molecule has 0 fully saturated rings. The number of hydrogen-bond acceptors (Lipinski definition) is 3. The van der Waals surface area contributed by atoms with Crippen molar-refractivity contribution in [1.29, 1.82) is 0 Å². The number of carboxylic acids is 1. The number of aryl methyl sites for hydroxylation is 4. The van der Waals surface area contributed by atoms with Crippen LogP contribution in [0.25, 0.3) is 11.1 Å². The van der Waals surface area contributed by atoms with Crippen LogP contribution in [0.4, 0.5) is 4.39 Å². The molecule has 2 rings (SSSR count). The molecule has 0 aliphatic heterocycles. The van der Waals surface area contributed by atoms with E-state index in [1.54, 1.807) is 19.1 Å². The summed E-state index contributed by atoms with van der Waals surface area (Å²) in [4.78, 5) is 24.6. The van der Waals surface area contributed by atoms with E-state index in [1.165, 1.54) is 6.20 Å². The maximum Gasteiger partial charge on any atom is 0.305 e. The average Bonchev–Trinajstić information content (AvgIpc) is 2.68. The smallest absolute Gasteiger partial charge is 0.305 e. The van der Waals surface area contributed by atoms with Crippen LogP contribution >= 0.6 is 0 Å². The summed E-state index contributed by atoms with van der Waals surface area (Å²) in [5, 5.41) is 15.2. The van der Waals surface area contributed by atoms with E-state index in [4.69, 9.17) is 0 Å². The lowest BCUT2D eigenvalue weighted by atomic mass is 9.89. The van der Waals surface area contributed by atoms with E-state index in [0.29, 0.717) is 12.0 Å². The van der Waals surface area contributed by atoms with Crippen LogP contribution in [0.3, 0.4) is 0 Å². The monoisotopic (exact) mass is 454 g/mol. The fraction of sp³-hybridized carbons (Fsp3) is 0.407. The van der Waals surface area contributed by atoms with Crippen molar-refractivity contribution in [3.63, 3.8) is 0 Å². The molecular weight excluding hydrogens is 419 g/mol. The second-order valence-electron chi connectivity index (χ2n) is 9.18. The number of benzene rings is 2. The van der Waals surface area contributed by atoms with E-state index < -0.39 is 30.3 Å².